The Bertz CT molecular complexity index is 3580. The SMILES string of the molecule is c1ccc(-c2ccc(-c3cccc4oc5cccc(-c6nc(-c7ccc8ccccc8c7)nc(-c7ccc8oc9ccccc9c8c7)n6)c5c34)c3ccccc23)cc1. The van der Waals surface area contributed by atoms with Crippen molar-refractivity contribution in [2.45, 2.75) is 0 Å². The van der Waals surface area contributed by atoms with Crippen LogP contribution >= 0.6 is 0 Å². The molecule has 0 saturated heterocycles. The third-order valence-corrected chi connectivity index (χ3v) is 11.3. The van der Waals surface area contributed by atoms with E-state index in [1.165, 1.54) is 21.9 Å². The first-order valence-corrected chi connectivity index (χ1v) is 19.4. The lowest BCUT2D eigenvalue weighted by molar-refractivity contribution is 0.668. The molecule has 5 heteroatoms. The second-order valence-corrected chi connectivity index (χ2v) is 14.7. The van der Waals surface area contributed by atoms with Crippen LogP contribution in [-0.2, 0) is 0 Å². The van der Waals surface area contributed by atoms with E-state index in [1.54, 1.807) is 0 Å². The predicted octanol–water partition coefficient (Wildman–Crippen LogP) is 14.3. The standard InChI is InChI=1S/C53H31N3O2/c1-2-13-33(14-3-1)37-27-28-40(39-17-7-6-16-38(37)39)42-19-10-22-47-49(42)50-43(20-11-23-48(50)58-47)53-55-51(35-25-24-32-12-4-5-15-34(32)30-35)54-52(56-53)36-26-29-46-44(31-36)41-18-8-9-21-45(41)57-46/h1-31H. The minimum Gasteiger partial charge on any atom is -0.456 e. The summed E-state index contributed by atoms with van der Waals surface area (Å²) in [5.41, 5.74) is 10.5. The van der Waals surface area contributed by atoms with Crippen molar-refractivity contribution in [3.05, 3.63) is 188 Å². The number of furan rings is 2. The topological polar surface area (TPSA) is 65.0 Å². The average molecular weight is 742 g/mol. The molecule has 0 atom stereocenters. The first-order chi connectivity index (χ1) is 28.7. The molecule has 0 aliphatic carbocycles. The lowest BCUT2D eigenvalue weighted by Crippen LogP contribution is -2.00. The number of nitrogens with zero attached hydrogens (tertiary/aromatic N) is 3. The summed E-state index contributed by atoms with van der Waals surface area (Å²) in [6, 6.07) is 65.2. The van der Waals surface area contributed by atoms with Crippen LogP contribution in [0.4, 0.5) is 0 Å². The van der Waals surface area contributed by atoms with E-state index < -0.39 is 0 Å². The molecule has 0 aliphatic heterocycles. The van der Waals surface area contributed by atoms with Gasteiger partial charge in [-0.05, 0) is 86.3 Å². The molecule has 12 aromatic rings. The third-order valence-electron chi connectivity index (χ3n) is 11.3. The van der Waals surface area contributed by atoms with Gasteiger partial charge in [0.2, 0.25) is 0 Å². The molecule has 0 bridgehead atoms. The van der Waals surface area contributed by atoms with Crippen molar-refractivity contribution in [3.8, 4) is 56.4 Å². The molecule has 0 spiro atoms. The molecular weight excluding hydrogens is 711 g/mol. The van der Waals surface area contributed by atoms with Gasteiger partial charge in [-0.3, -0.25) is 0 Å². The van der Waals surface area contributed by atoms with Crippen molar-refractivity contribution in [1.29, 1.82) is 0 Å². The summed E-state index contributed by atoms with van der Waals surface area (Å²) in [5, 5.41) is 8.69. The number of benzene rings is 9. The van der Waals surface area contributed by atoms with Crippen LogP contribution < -0.4 is 0 Å². The van der Waals surface area contributed by atoms with Gasteiger partial charge in [-0.25, -0.2) is 15.0 Å². The molecule has 0 amide bonds. The molecule has 0 saturated carbocycles. The minimum absolute atomic E-state index is 0.567. The van der Waals surface area contributed by atoms with Gasteiger partial charge in [0.15, 0.2) is 17.5 Å². The number of para-hydroxylation sites is 1. The van der Waals surface area contributed by atoms with Crippen LogP contribution in [0.3, 0.4) is 0 Å². The Kier molecular flexibility index (Phi) is 7.16. The second kappa shape index (κ2) is 12.8. The van der Waals surface area contributed by atoms with Gasteiger partial charge >= 0.3 is 0 Å². The van der Waals surface area contributed by atoms with Crippen molar-refractivity contribution >= 4 is 65.4 Å². The summed E-state index contributed by atoms with van der Waals surface area (Å²) in [5.74, 6) is 1.74. The lowest BCUT2D eigenvalue weighted by Gasteiger charge is -2.13. The fourth-order valence-corrected chi connectivity index (χ4v) is 8.63. The third kappa shape index (κ3) is 5.14. The van der Waals surface area contributed by atoms with Gasteiger partial charge in [-0.2, -0.15) is 0 Å². The summed E-state index contributed by atoms with van der Waals surface area (Å²) in [7, 11) is 0. The highest BCUT2D eigenvalue weighted by Crippen LogP contribution is 2.44. The molecule has 0 unspecified atom stereocenters. The number of aromatic nitrogens is 3. The molecule has 0 fully saturated rings. The van der Waals surface area contributed by atoms with Gasteiger partial charge < -0.3 is 8.83 Å². The van der Waals surface area contributed by atoms with Crippen molar-refractivity contribution < 1.29 is 8.83 Å². The average Bonchev–Trinajstić information content (AvgIpc) is 3.87. The number of rotatable bonds is 5. The van der Waals surface area contributed by atoms with E-state index in [2.05, 4.69) is 140 Å². The van der Waals surface area contributed by atoms with Crippen LogP contribution in [0.5, 0.6) is 0 Å². The zero-order valence-corrected chi connectivity index (χ0v) is 31.1. The van der Waals surface area contributed by atoms with Crippen LogP contribution in [0, 0.1) is 0 Å². The monoisotopic (exact) mass is 741 g/mol. The fraction of sp³-hybridized carbons (Fsp3) is 0. The van der Waals surface area contributed by atoms with Gasteiger partial charge in [0.1, 0.15) is 22.3 Å². The summed E-state index contributed by atoms with van der Waals surface area (Å²) in [4.78, 5) is 15.7. The predicted molar refractivity (Wildman–Crippen MR) is 237 cm³/mol. The molecule has 0 aliphatic rings. The smallest absolute Gasteiger partial charge is 0.164 e. The van der Waals surface area contributed by atoms with Crippen LogP contribution in [0.1, 0.15) is 0 Å². The van der Waals surface area contributed by atoms with Gasteiger partial charge in [-0.1, -0.05) is 146 Å². The van der Waals surface area contributed by atoms with Crippen LogP contribution in [0.2, 0.25) is 0 Å². The second-order valence-electron chi connectivity index (χ2n) is 14.7. The zero-order chi connectivity index (χ0) is 38.2. The van der Waals surface area contributed by atoms with Gasteiger partial charge in [0.25, 0.3) is 0 Å². The molecule has 12 rings (SSSR count). The number of fused-ring (bicyclic) bond motifs is 8. The summed E-state index contributed by atoms with van der Waals surface area (Å²) < 4.78 is 12.8. The van der Waals surface area contributed by atoms with Crippen molar-refractivity contribution in [3.63, 3.8) is 0 Å². The molecule has 3 aromatic heterocycles. The zero-order valence-electron chi connectivity index (χ0n) is 31.1. The molecule has 58 heavy (non-hydrogen) atoms. The normalized spacial score (nSPS) is 11.8. The van der Waals surface area contributed by atoms with Crippen LogP contribution in [0.15, 0.2) is 197 Å². The molecule has 9 aromatic carbocycles. The van der Waals surface area contributed by atoms with E-state index in [0.29, 0.717) is 17.5 Å². The maximum absolute atomic E-state index is 6.66. The van der Waals surface area contributed by atoms with Gasteiger partial charge in [0, 0.05) is 38.2 Å². The molecule has 3 heterocycles. The summed E-state index contributed by atoms with van der Waals surface area (Å²) in [6.07, 6.45) is 0. The molecule has 5 nitrogen and oxygen atoms in total. The molecular formula is C53H31N3O2. The highest BCUT2D eigenvalue weighted by molar-refractivity contribution is 6.20. The Hall–Kier alpha value is -7.89. The van der Waals surface area contributed by atoms with Gasteiger partial charge in [0.05, 0.1) is 0 Å². The van der Waals surface area contributed by atoms with E-state index in [0.717, 1.165) is 82.5 Å². The largest absolute Gasteiger partial charge is 0.456 e. The lowest BCUT2D eigenvalue weighted by atomic mass is 9.90. The quantitative estimate of drug-likeness (QED) is 0.176. The highest BCUT2D eigenvalue weighted by Gasteiger charge is 2.22. The Balaban J connectivity index is 1.11. The Labute approximate surface area is 332 Å². The van der Waals surface area contributed by atoms with Crippen LogP contribution in [0.25, 0.3) is 122 Å². The Morgan fingerprint density at radius 3 is 1.64 bits per heavy atom. The summed E-state index contributed by atoms with van der Waals surface area (Å²) in [6.45, 7) is 0. The Morgan fingerprint density at radius 1 is 0.276 bits per heavy atom. The van der Waals surface area contributed by atoms with E-state index in [-0.39, 0.29) is 0 Å². The highest BCUT2D eigenvalue weighted by atomic mass is 16.3. The van der Waals surface area contributed by atoms with Crippen molar-refractivity contribution in [2.24, 2.45) is 0 Å². The maximum Gasteiger partial charge on any atom is 0.164 e. The van der Waals surface area contributed by atoms with Crippen molar-refractivity contribution in [1.82, 2.24) is 15.0 Å². The maximum atomic E-state index is 6.66. The minimum atomic E-state index is 0.567. The molecule has 0 N–H and O–H groups in total. The van der Waals surface area contributed by atoms with E-state index in [1.807, 2.05) is 48.5 Å². The first-order valence-electron chi connectivity index (χ1n) is 19.4. The summed E-state index contributed by atoms with van der Waals surface area (Å²) >= 11 is 0. The van der Waals surface area contributed by atoms with Crippen molar-refractivity contribution in [2.75, 3.05) is 0 Å². The van der Waals surface area contributed by atoms with E-state index in [9.17, 15) is 0 Å². The number of hydrogen-bond donors (Lipinski definition) is 0. The van der Waals surface area contributed by atoms with E-state index >= 15 is 0 Å². The Morgan fingerprint density at radius 2 is 0.828 bits per heavy atom. The number of hydrogen-bond acceptors (Lipinski definition) is 5. The molecule has 270 valence electrons. The fourth-order valence-electron chi connectivity index (χ4n) is 8.63. The first kappa shape index (κ1) is 32.4. The molecule has 0 radical (unpaired) electrons. The van der Waals surface area contributed by atoms with E-state index in [4.69, 9.17) is 23.8 Å². The van der Waals surface area contributed by atoms with Crippen LogP contribution in [-0.4, -0.2) is 15.0 Å². The van der Waals surface area contributed by atoms with Gasteiger partial charge in [-0.15, -0.1) is 0 Å².